The molecule has 0 radical (unpaired) electrons. The van der Waals surface area contributed by atoms with E-state index < -0.39 is 11.3 Å². The van der Waals surface area contributed by atoms with Gasteiger partial charge in [-0.3, -0.25) is 19.3 Å². The molecule has 0 aromatic heterocycles. The van der Waals surface area contributed by atoms with Crippen molar-refractivity contribution in [2.45, 2.75) is 50.9 Å². The Bertz CT molecular complexity index is 731. The molecule has 1 aromatic rings. The van der Waals surface area contributed by atoms with Crippen molar-refractivity contribution < 1.29 is 14.4 Å². The lowest BCUT2D eigenvalue weighted by molar-refractivity contribution is -0.145. The highest BCUT2D eigenvalue weighted by atomic mass is 16.2. The number of piperidine rings is 1. The van der Waals surface area contributed by atoms with Crippen molar-refractivity contribution >= 4 is 17.7 Å². The van der Waals surface area contributed by atoms with Gasteiger partial charge in [0.25, 0.3) is 0 Å². The molecule has 2 aliphatic heterocycles. The summed E-state index contributed by atoms with van der Waals surface area (Å²) in [6.45, 7) is 1.15. The number of hydrogen-bond donors (Lipinski definition) is 0. The van der Waals surface area contributed by atoms with Gasteiger partial charge in [-0.15, -0.1) is 0 Å². The molecule has 1 atom stereocenters. The van der Waals surface area contributed by atoms with E-state index in [9.17, 15) is 14.4 Å². The number of rotatable bonds is 2. The predicted molar refractivity (Wildman–Crippen MR) is 102 cm³/mol. The third kappa shape index (κ3) is 2.97. The SMILES string of the molecule is CN1C(=O)C(c2ccccc2)C2(CCN(C(=O)C3CCCCC3)CC2)C1=O. The van der Waals surface area contributed by atoms with Crippen LogP contribution in [0.3, 0.4) is 0 Å². The zero-order chi connectivity index (χ0) is 19.0. The van der Waals surface area contributed by atoms with Crippen LogP contribution in [0.2, 0.25) is 0 Å². The molecule has 1 saturated carbocycles. The summed E-state index contributed by atoms with van der Waals surface area (Å²) in [5, 5.41) is 0. The first-order chi connectivity index (χ1) is 13.0. The minimum atomic E-state index is -0.698. The first-order valence-corrected chi connectivity index (χ1v) is 10.2. The van der Waals surface area contributed by atoms with E-state index in [0.29, 0.717) is 25.9 Å². The average Bonchev–Trinajstić information content (AvgIpc) is 2.90. The van der Waals surface area contributed by atoms with Gasteiger partial charge in [0.15, 0.2) is 0 Å². The zero-order valence-corrected chi connectivity index (χ0v) is 16.0. The first-order valence-electron chi connectivity index (χ1n) is 10.2. The largest absolute Gasteiger partial charge is 0.342 e. The van der Waals surface area contributed by atoms with E-state index in [2.05, 4.69) is 0 Å². The van der Waals surface area contributed by atoms with Crippen LogP contribution in [0.1, 0.15) is 56.4 Å². The van der Waals surface area contributed by atoms with Gasteiger partial charge < -0.3 is 4.90 Å². The maximum atomic E-state index is 13.1. The minimum Gasteiger partial charge on any atom is -0.342 e. The molecule has 1 aromatic carbocycles. The Morgan fingerprint density at radius 1 is 1.00 bits per heavy atom. The van der Waals surface area contributed by atoms with E-state index in [1.807, 2.05) is 35.2 Å². The second kappa shape index (κ2) is 7.10. The lowest BCUT2D eigenvalue weighted by Gasteiger charge is -2.41. The Balaban J connectivity index is 1.55. The molecule has 1 aliphatic carbocycles. The molecular formula is C22H28N2O3. The quantitative estimate of drug-likeness (QED) is 0.754. The molecule has 3 fully saturated rings. The number of carbonyl (C=O) groups is 3. The number of nitrogens with zero attached hydrogens (tertiary/aromatic N) is 2. The molecule has 144 valence electrons. The number of carbonyl (C=O) groups excluding carboxylic acids is 3. The number of amides is 3. The number of likely N-dealkylation sites (N-methyl/N-ethyl adjacent to an activating group) is 1. The fraction of sp³-hybridized carbons (Fsp3) is 0.591. The fourth-order valence-corrected chi connectivity index (χ4v) is 5.33. The van der Waals surface area contributed by atoms with Gasteiger partial charge in [0, 0.05) is 26.1 Å². The van der Waals surface area contributed by atoms with Gasteiger partial charge in [-0.1, -0.05) is 49.6 Å². The number of likely N-dealkylation sites (tertiary alicyclic amines) is 2. The highest BCUT2D eigenvalue weighted by molar-refractivity contribution is 6.09. The Morgan fingerprint density at radius 2 is 1.63 bits per heavy atom. The minimum absolute atomic E-state index is 0.0777. The van der Waals surface area contributed by atoms with E-state index in [1.54, 1.807) is 7.05 Å². The van der Waals surface area contributed by atoms with E-state index >= 15 is 0 Å². The summed E-state index contributed by atoms with van der Waals surface area (Å²) in [5.41, 5.74) is 0.212. The van der Waals surface area contributed by atoms with Crippen LogP contribution in [0, 0.1) is 11.3 Å². The Morgan fingerprint density at radius 3 is 2.26 bits per heavy atom. The average molecular weight is 368 g/mol. The standard InChI is InChI=1S/C22H28N2O3/c1-23-20(26)18(16-8-4-2-5-9-16)22(21(23)27)12-14-24(15-13-22)19(25)17-10-6-3-7-11-17/h2,4-5,8-9,17-18H,3,6-7,10-15H2,1H3. The molecule has 1 unspecified atom stereocenters. The number of hydrogen-bond acceptors (Lipinski definition) is 3. The van der Waals surface area contributed by atoms with Gasteiger partial charge >= 0.3 is 0 Å². The molecule has 3 aliphatic rings. The second-order valence-corrected chi connectivity index (χ2v) is 8.36. The normalized spacial score (nSPS) is 26.0. The predicted octanol–water partition coefficient (Wildman–Crippen LogP) is 2.96. The van der Waals surface area contributed by atoms with Crippen LogP contribution in [0.25, 0.3) is 0 Å². The fourth-order valence-electron chi connectivity index (χ4n) is 5.33. The molecule has 2 heterocycles. The van der Waals surface area contributed by atoms with E-state index in [1.165, 1.54) is 11.3 Å². The summed E-state index contributed by atoms with van der Waals surface area (Å²) in [6.07, 6.45) is 6.64. The second-order valence-electron chi connectivity index (χ2n) is 8.36. The van der Waals surface area contributed by atoms with Crippen LogP contribution >= 0.6 is 0 Å². The topological polar surface area (TPSA) is 57.7 Å². The molecular weight excluding hydrogens is 340 g/mol. The van der Waals surface area contributed by atoms with Crippen molar-refractivity contribution in [3.05, 3.63) is 35.9 Å². The van der Waals surface area contributed by atoms with Crippen LogP contribution in [0.15, 0.2) is 30.3 Å². The molecule has 0 bridgehead atoms. The molecule has 5 heteroatoms. The summed E-state index contributed by atoms with van der Waals surface area (Å²) in [5.74, 6) is -0.209. The maximum absolute atomic E-state index is 13.1. The molecule has 5 nitrogen and oxygen atoms in total. The third-order valence-electron chi connectivity index (χ3n) is 6.92. The molecule has 2 saturated heterocycles. The van der Waals surface area contributed by atoms with Gasteiger partial charge in [-0.25, -0.2) is 0 Å². The molecule has 27 heavy (non-hydrogen) atoms. The molecule has 4 rings (SSSR count). The van der Waals surface area contributed by atoms with Crippen molar-refractivity contribution in [1.29, 1.82) is 0 Å². The van der Waals surface area contributed by atoms with Crippen LogP contribution in [-0.2, 0) is 14.4 Å². The summed E-state index contributed by atoms with van der Waals surface area (Å²) >= 11 is 0. The smallest absolute Gasteiger partial charge is 0.237 e. The molecule has 3 amide bonds. The van der Waals surface area contributed by atoms with Gasteiger partial charge in [0.1, 0.15) is 0 Å². The number of imide groups is 1. The van der Waals surface area contributed by atoms with Crippen LogP contribution < -0.4 is 0 Å². The van der Waals surface area contributed by atoms with Gasteiger partial charge in [0.05, 0.1) is 11.3 Å². The number of benzene rings is 1. The van der Waals surface area contributed by atoms with E-state index in [0.717, 1.165) is 31.2 Å². The van der Waals surface area contributed by atoms with Crippen LogP contribution in [0.5, 0.6) is 0 Å². The van der Waals surface area contributed by atoms with Gasteiger partial charge in [-0.2, -0.15) is 0 Å². The van der Waals surface area contributed by atoms with Crippen molar-refractivity contribution in [3.8, 4) is 0 Å². The highest BCUT2D eigenvalue weighted by Crippen LogP contribution is 2.51. The molecule has 1 spiro atoms. The third-order valence-corrected chi connectivity index (χ3v) is 6.92. The zero-order valence-electron chi connectivity index (χ0n) is 16.0. The van der Waals surface area contributed by atoms with E-state index in [-0.39, 0.29) is 23.6 Å². The summed E-state index contributed by atoms with van der Waals surface area (Å²) in [4.78, 5) is 42.1. The summed E-state index contributed by atoms with van der Waals surface area (Å²) < 4.78 is 0. The van der Waals surface area contributed by atoms with Gasteiger partial charge in [0.2, 0.25) is 17.7 Å². The van der Waals surface area contributed by atoms with Crippen molar-refractivity contribution in [2.24, 2.45) is 11.3 Å². The van der Waals surface area contributed by atoms with E-state index in [4.69, 9.17) is 0 Å². The Hall–Kier alpha value is -2.17. The van der Waals surface area contributed by atoms with Crippen molar-refractivity contribution in [2.75, 3.05) is 20.1 Å². The van der Waals surface area contributed by atoms with Crippen LogP contribution in [-0.4, -0.2) is 47.7 Å². The van der Waals surface area contributed by atoms with Gasteiger partial charge in [-0.05, 0) is 31.2 Å². The van der Waals surface area contributed by atoms with Crippen molar-refractivity contribution in [1.82, 2.24) is 9.80 Å². The maximum Gasteiger partial charge on any atom is 0.237 e. The summed E-state index contributed by atoms with van der Waals surface area (Å²) in [6, 6.07) is 9.64. The molecule has 0 N–H and O–H groups in total. The first kappa shape index (κ1) is 18.2. The monoisotopic (exact) mass is 368 g/mol. The lowest BCUT2D eigenvalue weighted by Crippen LogP contribution is -2.49. The highest BCUT2D eigenvalue weighted by Gasteiger charge is 2.59. The Kier molecular flexibility index (Phi) is 4.79. The van der Waals surface area contributed by atoms with Crippen molar-refractivity contribution in [3.63, 3.8) is 0 Å². The van der Waals surface area contributed by atoms with Crippen LogP contribution in [0.4, 0.5) is 0 Å². The Labute approximate surface area is 160 Å². The lowest BCUT2D eigenvalue weighted by atomic mass is 9.67. The summed E-state index contributed by atoms with van der Waals surface area (Å²) in [7, 11) is 1.59.